The van der Waals surface area contributed by atoms with E-state index in [1.54, 1.807) is 18.0 Å². The molecule has 2 unspecified atom stereocenters. The molecule has 0 spiro atoms. The van der Waals surface area contributed by atoms with Crippen LogP contribution in [0, 0.1) is 6.92 Å². The first-order chi connectivity index (χ1) is 12.0. The molecule has 2 amide bonds. The van der Waals surface area contributed by atoms with Crippen molar-refractivity contribution in [3.8, 4) is 11.3 Å². The molecule has 0 saturated carbocycles. The molecule has 2 atom stereocenters. The highest BCUT2D eigenvalue weighted by Gasteiger charge is 2.40. The van der Waals surface area contributed by atoms with Crippen molar-refractivity contribution >= 4 is 17.5 Å². The zero-order chi connectivity index (χ0) is 17.6. The Balaban J connectivity index is 1.78. The van der Waals surface area contributed by atoms with E-state index in [2.05, 4.69) is 21.3 Å². The average Bonchev–Trinajstić information content (AvgIpc) is 2.98. The maximum atomic E-state index is 12.7. The molecule has 0 aliphatic carbocycles. The number of carbonyl (C=O) groups is 1. The van der Waals surface area contributed by atoms with Gasteiger partial charge in [0.25, 0.3) is 0 Å². The zero-order valence-corrected chi connectivity index (χ0v) is 14.4. The lowest BCUT2D eigenvalue weighted by Crippen LogP contribution is -2.54. The standard InChI is InChI=1S/C18H22N6O/c1-11-9-13(5-7-20-11)15-3-4-16-17(22-15)24(18(25)21-12(2)19)14-6-8-23(16)10-14/h3-5,7,9,12,14H,6,8,10,19H2,1-2H3,(H,21,25). The molecule has 130 valence electrons. The van der Waals surface area contributed by atoms with Gasteiger partial charge in [0.1, 0.15) is 0 Å². The van der Waals surface area contributed by atoms with Crippen LogP contribution < -0.4 is 20.9 Å². The number of carbonyl (C=O) groups excluding carboxylic acids is 1. The largest absolute Gasteiger partial charge is 0.366 e. The summed E-state index contributed by atoms with van der Waals surface area (Å²) >= 11 is 0. The number of nitrogens with two attached hydrogens (primary N) is 1. The molecule has 2 aliphatic heterocycles. The Labute approximate surface area is 146 Å². The SMILES string of the molecule is Cc1cc(-c2ccc3c(n2)N(C(=O)NC(C)N)C2CCN3C2)ccn1. The Bertz CT molecular complexity index is 821. The van der Waals surface area contributed by atoms with Crippen LogP contribution in [0.5, 0.6) is 0 Å². The maximum absolute atomic E-state index is 12.7. The quantitative estimate of drug-likeness (QED) is 0.816. The topological polar surface area (TPSA) is 87.4 Å². The van der Waals surface area contributed by atoms with Gasteiger partial charge < -0.3 is 16.0 Å². The highest BCUT2D eigenvalue weighted by molar-refractivity contribution is 5.97. The molecule has 2 aliphatic rings. The molecule has 0 aromatic carbocycles. The van der Waals surface area contributed by atoms with E-state index in [4.69, 9.17) is 10.7 Å². The first-order valence-electron chi connectivity index (χ1n) is 8.57. The Morgan fingerprint density at radius 2 is 2.24 bits per heavy atom. The highest BCUT2D eigenvalue weighted by Crippen LogP contribution is 2.40. The number of aromatic nitrogens is 2. The molecule has 3 N–H and O–H groups in total. The number of aryl methyl sites for hydroxylation is 1. The second-order valence-corrected chi connectivity index (χ2v) is 6.72. The lowest BCUT2D eigenvalue weighted by Gasteiger charge is -2.36. The van der Waals surface area contributed by atoms with Crippen LogP contribution in [0.25, 0.3) is 11.3 Å². The van der Waals surface area contributed by atoms with Gasteiger partial charge >= 0.3 is 6.03 Å². The Kier molecular flexibility index (Phi) is 3.80. The number of fused-ring (bicyclic) bond motifs is 4. The Hall–Kier alpha value is -2.67. The number of nitrogens with zero attached hydrogens (tertiary/aromatic N) is 4. The van der Waals surface area contributed by atoms with Crippen molar-refractivity contribution in [2.24, 2.45) is 5.73 Å². The van der Waals surface area contributed by atoms with Gasteiger partial charge in [0, 0.05) is 30.5 Å². The molecule has 7 heteroatoms. The van der Waals surface area contributed by atoms with E-state index in [1.165, 1.54) is 0 Å². The minimum absolute atomic E-state index is 0.133. The smallest absolute Gasteiger partial charge is 0.324 e. The van der Waals surface area contributed by atoms with Gasteiger partial charge in [0.15, 0.2) is 5.82 Å². The first kappa shape index (κ1) is 15.8. The summed E-state index contributed by atoms with van der Waals surface area (Å²) in [5.41, 5.74) is 9.53. The molecule has 1 saturated heterocycles. The molecule has 25 heavy (non-hydrogen) atoms. The predicted molar refractivity (Wildman–Crippen MR) is 97.5 cm³/mol. The Morgan fingerprint density at radius 1 is 1.40 bits per heavy atom. The van der Waals surface area contributed by atoms with Crippen molar-refractivity contribution in [1.82, 2.24) is 15.3 Å². The molecule has 4 rings (SSSR count). The summed E-state index contributed by atoms with van der Waals surface area (Å²) < 4.78 is 0. The highest BCUT2D eigenvalue weighted by atomic mass is 16.2. The minimum atomic E-state index is -0.401. The van der Waals surface area contributed by atoms with Crippen LogP contribution in [0.15, 0.2) is 30.5 Å². The van der Waals surface area contributed by atoms with Crippen LogP contribution in [-0.4, -0.2) is 41.3 Å². The first-order valence-corrected chi connectivity index (χ1v) is 8.57. The fraction of sp³-hybridized carbons (Fsp3) is 0.389. The summed E-state index contributed by atoms with van der Waals surface area (Å²) in [7, 11) is 0. The molecule has 2 bridgehead atoms. The van der Waals surface area contributed by atoms with E-state index in [1.807, 2.05) is 25.1 Å². The second-order valence-electron chi connectivity index (χ2n) is 6.72. The van der Waals surface area contributed by atoms with Crippen LogP contribution in [0.4, 0.5) is 16.3 Å². The van der Waals surface area contributed by atoms with Gasteiger partial charge in [-0.05, 0) is 44.5 Å². The second kappa shape index (κ2) is 6.00. The van der Waals surface area contributed by atoms with E-state index >= 15 is 0 Å². The van der Waals surface area contributed by atoms with Crippen molar-refractivity contribution in [3.63, 3.8) is 0 Å². The summed E-state index contributed by atoms with van der Waals surface area (Å²) in [4.78, 5) is 25.9. The number of anilines is 2. The summed E-state index contributed by atoms with van der Waals surface area (Å²) in [6, 6.07) is 7.95. The van der Waals surface area contributed by atoms with E-state index in [9.17, 15) is 4.79 Å². The van der Waals surface area contributed by atoms with E-state index < -0.39 is 6.17 Å². The number of hydrogen-bond donors (Lipinski definition) is 2. The minimum Gasteiger partial charge on any atom is -0.366 e. The third-order valence-electron chi connectivity index (χ3n) is 4.71. The van der Waals surface area contributed by atoms with Crippen LogP contribution in [-0.2, 0) is 0 Å². The van der Waals surface area contributed by atoms with Gasteiger partial charge in [-0.15, -0.1) is 0 Å². The zero-order valence-electron chi connectivity index (χ0n) is 14.4. The average molecular weight is 338 g/mol. The molecule has 1 fully saturated rings. The van der Waals surface area contributed by atoms with Crippen molar-refractivity contribution < 1.29 is 4.79 Å². The van der Waals surface area contributed by atoms with Gasteiger partial charge in [0.05, 0.1) is 23.6 Å². The van der Waals surface area contributed by atoms with Crippen molar-refractivity contribution in [2.75, 3.05) is 22.9 Å². The molecule has 0 radical (unpaired) electrons. The van der Waals surface area contributed by atoms with Gasteiger partial charge in [0.2, 0.25) is 0 Å². The normalized spacial score (nSPS) is 19.6. The monoisotopic (exact) mass is 338 g/mol. The van der Waals surface area contributed by atoms with Crippen LogP contribution in [0.3, 0.4) is 0 Å². The molecule has 2 aromatic rings. The number of urea groups is 1. The van der Waals surface area contributed by atoms with Gasteiger partial charge in [-0.3, -0.25) is 9.88 Å². The fourth-order valence-electron chi connectivity index (χ4n) is 3.60. The molecular weight excluding hydrogens is 316 g/mol. The van der Waals surface area contributed by atoms with Crippen LogP contribution >= 0.6 is 0 Å². The fourth-order valence-corrected chi connectivity index (χ4v) is 3.60. The number of hydrogen-bond acceptors (Lipinski definition) is 5. The number of rotatable bonds is 2. The summed E-state index contributed by atoms with van der Waals surface area (Å²) in [6.07, 6.45) is 2.31. The number of pyridine rings is 2. The van der Waals surface area contributed by atoms with Crippen molar-refractivity contribution in [2.45, 2.75) is 32.5 Å². The predicted octanol–water partition coefficient (Wildman–Crippen LogP) is 1.87. The van der Waals surface area contributed by atoms with Crippen molar-refractivity contribution in [1.29, 1.82) is 0 Å². The summed E-state index contributed by atoms with van der Waals surface area (Å²) in [5, 5.41) is 2.80. The number of amides is 2. The molecule has 7 nitrogen and oxygen atoms in total. The third-order valence-corrected chi connectivity index (χ3v) is 4.71. The van der Waals surface area contributed by atoms with E-state index in [0.29, 0.717) is 5.82 Å². The lowest BCUT2D eigenvalue weighted by atomic mass is 10.1. The molecular formula is C18H22N6O. The maximum Gasteiger partial charge on any atom is 0.324 e. The molecule has 2 aromatic heterocycles. The lowest BCUT2D eigenvalue weighted by molar-refractivity contribution is 0.241. The van der Waals surface area contributed by atoms with Crippen LogP contribution in [0.2, 0.25) is 0 Å². The van der Waals surface area contributed by atoms with Gasteiger partial charge in [-0.1, -0.05) is 0 Å². The van der Waals surface area contributed by atoms with Gasteiger partial charge in [-0.25, -0.2) is 9.78 Å². The third kappa shape index (κ3) is 2.80. The van der Waals surface area contributed by atoms with E-state index in [0.717, 1.165) is 42.1 Å². The summed E-state index contributed by atoms with van der Waals surface area (Å²) in [6.45, 7) is 5.49. The number of nitrogens with one attached hydrogen (secondary N) is 1. The summed E-state index contributed by atoms with van der Waals surface area (Å²) in [5.74, 6) is 0.707. The molecule has 4 heterocycles. The van der Waals surface area contributed by atoms with E-state index in [-0.39, 0.29) is 12.1 Å². The van der Waals surface area contributed by atoms with Gasteiger partial charge in [-0.2, -0.15) is 0 Å². The Morgan fingerprint density at radius 3 is 3.00 bits per heavy atom. The van der Waals surface area contributed by atoms with Crippen molar-refractivity contribution in [3.05, 3.63) is 36.2 Å². The van der Waals surface area contributed by atoms with Crippen LogP contribution in [0.1, 0.15) is 19.0 Å².